The van der Waals surface area contributed by atoms with E-state index in [1.807, 2.05) is 43.9 Å². The molecule has 10 N–H and O–H groups in total. The number of terminal acetylenes is 1. The predicted molar refractivity (Wildman–Crippen MR) is 188 cm³/mol. The summed E-state index contributed by atoms with van der Waals surface area (Å²) in [5.41, 5.74) is 24.0. The van der Waals surface area contributed by atoms with Crippen molar-refractivity contribution in [2.24, 2.45) is 22.9 Å². The number of carbonyl (C=O) groups is 4. The van der Waals surface area contributed by atoms with Gasteiger partial charge in [-0.05, 0) is 43.3 Å². The van der Waals surface area contributed by atoms with E-state index in [0.29, 0.717) is 84.4 Å². The number of carbonyl (C=O) groups excluding carboxylic acids is 4. The Labute approximate surface area is 312 Å². The molecule has 1 aromatic rings. The number of amides is 4. The van der Waals surface area contributed by atoms with Gasteiger partial charge in [-0.15, -0.1) is 12.3 Å². The molecule has 0 aliphatic carbocycles. The van der Waals surface area contributed by atoms with Crippen molar-refractivity contribution in [2.75, 3.05) is 84.4 Å². The summed E-state index contributed by atoms with van der Waals surface area (Å²) in [5.74, 6) is 0.310. The first-order valence-corrected chi connectivity index (χ1v) is 14.3. The van der Waals surface area contributed by atoms with E-state index in [-0.39, 0.29) is 59.5 Å². The van der Waals surface area contributed by atoms with Crippen LogP contribution < -0.4 is 33.6 Å². The number of benzene rings is 1. The summed E-state index contributed by atoms with van der Waals surface area (Å²) in [6, 6.07) is 7.51. The van der Waals surface area contributed by atoms with Crippen molar-refractivity contribution in [1.29, 1.82) is 0.410 Å². The summed E-state index contributed by atoms with van der Waals surface area (Å²) in [5, 5.41) is 6.44. The van der Waals surface area contributed by atoms with Gasteiger partial charge in [0, 0.05) is 64.6 Å². The van der Waals surface area contributed by atoms with Gasteiger partial charge in [0.05, 0.1) is 26.2 Å². The van der Waals surface area contributed by atoms with Crippen LogP contribution in [0.4, 0.5) is 5.69 Å². The third-order valence-corrected chi connectivity index (χ3v) is 6.87. The molecule has 45 heavy (non-hydrogen) atoms. The quantitative estimate of drug-likeness (QED) is 0.0708. The summed E-state index contributed by atoms with van der Waals surface area (Å²) in [4.78, 5) is 55.2. The molecule has 1 fully saturated rings. The number of primary amides is 4. The Morgan fingerprint density at radius 1 is 0.844 bits per heavy atom. The van der Waals surface area contributed by atoms with Crippen LogP contribution in [0.25, 0.3) is 0 Å². The van der Waals surface area contributed by atoms with E-state index in [2.05, 4.69) is 23.0 Å². The molecule has 1 heterocycles. The number of nitrogens with one attached hydrogen (secondary N) is 2. The molecule has 1 aliphatic heterocycles. The molecular formula is C28H50N10O4Pb2S. The fraction of sp³-hybridized carbons (Fsp3) is 0.536. The van der Waals surface area contributed by atoms with Crippen molar-refractivity contribution in [3.63, 3.8) is 0 Å². The number of thiocarbonyl (C=S) groups is 1. The molecule has 250 valence electrons. The summed E-state index contributed by atoms with van der Waals surface area (Å²) >= 11 is 5.58. The van der Waals surface area contributed by atoms with E-state index >= 15 is 0 Å². The minimum absolute atomic E-state index is 0. The van der Waals surface area contributed by atoms with Gasteiger partial charge in [-0.2, -0.15) is 0 Å². The molecule has 0 aromatic heterocycles. The molecule has 0 spiro atoms. The van der Waals surface area contributed by atoms with Crippen LogP contribution >= 0.6 is 12.2 Å². The van der Waals surface area contributed by atoms with Gasteiger partial charge in [-0.25, -0.2) is 0 Å². The number of hydrogen-bond donors (Lipinski definition) is 6. The average molecular weight is 1040 g/mol. The molecule has 0 saturated carbocycles. The van der Waals surface area contributed by atoms with E-state index in [0.717, 1.165) is 11.3 Å². The van der Waals surface area contributed by atoms with Crippen molar-refractivity contribution >= 4 is 101 Å². The van der Waals surface area contributed by atoms with Gasteiger partial charge in [0.2, 0.25) is 23.6 Å². The molecule has 17 heteroatoms. The fourth-order valence-corrected chi connectivity index (χ4v) is 4.78. The first kappa shape index (κ1) is 43.0. The van der Waals surface area contributed by atoms with Crippen molar-refractivity contribution < 1.29 is 19.2 Å². The van der Waals surface area contributed by atoms with E-state index in [1.165, 1.54) is 0 Å². The second-order valence-corrected chi connectivity index (χ2v) is 10.6. The van der Waals surface area contributed by atoms with E-state index < -0.39 is 23.6 Å². The van der Waals surface area contributed by atoms with E-state index in [4.69, 9.17) is 35.6 Å². The van der Waals surface area contributed by atoms with Crippen molar-refractivity contribution in [3.05, 3.63) is 29.8 Å². The van der Waals surface area contributed by atoms with Crippen LogP contribution in [0, 0.1) is 12.3 Å². The number of nitrogens with zero attached hydrogens (tertiary/aromatic N) is 4. The first-order chi connectivity index (χ1) is 21.4. The fourth-order valence-electron chi connectivity index (χ4n) is 4.66. The van der Waals surface area contributed by atoms with E-state index in [1.54, 1.807) is 14.0 Å². The predicted octanol–water partition coefficient (Wildman–Crippen LogP) is -4.52. The molecule has 4 amide bonds. The molecule has 1 atom stereocenters. The van der Waals surface area contributed by atoms with E-state index in [9.17, 15) is 19.2 Å². The van der Waals surface area contributed by atoms with Gasteiger partial charge in [0.25, 0.3) is 0 Å². The SMILES string of the molecule is C#CC.CNC(=S)Nc1ccc(CC2CN(CC(N)=O)CCN(CC(N)=O)CCN(CC(N)=O)CCN2CC(N)=O)cc1.[3H][PbH].[PbH2]. The molecular weight excluding hydrogens is 987 g/mol. The number of nitrogens with two attached hydrogens (primary N) is 4. The van der Waals surface area contributed by atoms with Crippen LogP contribution in [0.2, 0.25) is 0 Å². The Balaban J connectivity index is 0. The Morgan fingerprint density at radius 3 is 1.67 bits per heavy atom. The maximum atomic E-state index is 12.1. The molecule has 14 nitrogen and oxygen atoms in total. The van der Waals surface area contributed by atoms with Gasteiger partial charge in [0.1, 0.15) is 0 Å². The van der Waals surface area contributed by atoms with Crippen LogP contribution in [0.5, 0.6) is 0 Å². The van der Waals surface area contributed by atoms with Gasteiger partial charge in [-0.1, -0.05) is 12.1 Å². The summed E-state index contributed by atoms with van der Waals surface area (Å²) in [7, 11) is 1.73. The van der Waals surface area contributed by atoms with Crippen LogP contribution in [0.15, 0.2) is 24.3 Å². The standard InChI is InChI=1S/C25H42N10O4S.C3H4.2Pb.4H/c1-30-25(40)31-19-4-2-18(3-5-19)12-20-13-34(16-23(28)38)9-8-32(14-21(26)36)6-7-33(15-22(27)37)10-11-35(20)17-24(29)39;1-3-2;;;;;;/h2-5,20H,6-17H2,1H3,(H2,26,36)(H2,27,37)(H2,28,38)(H2,29,39)(H2,30,31,40);1H,2H3;;;;;;/i;;;;1+2;;;. The number of rotatable bonds is 11. The van der Waals surface area contributed by atoms with Crippen LogP contribution in [-0.4, -0.2) is 188 Å². The minimum atomic E-state index is -0.493. The van der Waals surface area contributed by atoms with Crippen LogP contribution in [0.3, 0.4) is 0 Å². The first-order valence-electron chi connectivity index (χ1n) is 14.4. The van der Waals surface area contributed by atoms with Gasteiger partial charge >= 0.3 is 54.8 Å². The zero-order chi connectivity index (χ0) is 34.4. The molecule has 1 unspecified atom stereocenters. The molecule has 2 rings (SSSR count). The normalized spacial score (nSPS) is 16.9. The monoisotopic (exact) mass is 1040 g/mol. The summed E-state index contributed by atoms with van der Waals surface area (Å²) < 4.78 is 5.92. The zero-order valence-electron chi connectivity index (χ0n) is 27.4. The average Bonchev–Trinajstić information content (AvgIpc) is 2.96. The van der Waals surface area contributed by atoms with Crippen molar-refractivity contribution in [2.45, 2.75) is 19.4 Å². The van der Waals surface area contributed by atoms with Crippen molar-refractivity contribution in [3.8, 4) is 12.3 Å². The summed E-state index contributed by atoms with van der Waals surface area (Å²) in [6.45, 7) is 4.72. The number of hydrogen-bond acceptors (Lipinski definition) is 9. The Bertz CT molecular complexity index is 1130. The molecule has 1 aliphatic rings. The molecule has 4 radical (unpaired) electrons. The zero-order valence-corrected chi connectivity index (χ0v) is 37.2. The van der Waals surface area contributed by atoms with Crippen LogP contribution in [-0.2, 0) is 25.6 Å². The van der Waals surface area contributed by atoms with Crippen LogP contribution in [0.1, 0.15) is 12.5 Å². The maximum absolute atomic E-state index is 12.1. The summed E-state index contributed by atoms with van der Waals surface area (Å²) in [6.07, 6.45) is 5.14. The molecule has 1 aromatic carbocycles. The topological polar surface area (TPSA) is 209 Å². The van der Waals surface area contributed by atoms with Gasteiger partial charge in [0.15, 0.2) is 5.11 Å². The Hall–Kier alpha value is -1.97. The second kappa shape index (κ2) is 25.2. The Morgan fingerprint density at radius 2 is 1.24 bits per heavy atom. The van der Waals surface area contributed by atoms with Gasteiger partial charge < -0.3 is 33.6 Å². The molecule has 1 saturated heterocycles. The number of anilines is 1. The third kappa shape index (κ3) is 20.7. The molecule has 0 bridgehead atoms. The van der Waals surface area contributed by atoms with Gasteiger partial charge in [-0.3, -0.25) is 38.8 Å². The third-order valence-electron chi connectivity index (χ3n) is 6.56. The Kier molecular flexibility index (Phi) is 24.1. The second-order valence-electron chi connectivity index (χ2n) is 10.2. The van der Waals surface area contributed by atoms with Crippen molar-refractivity contribution in [1.82, 2.24) is 24.9 Å².